The summed E-state index contributed by atoms with van der Waals surface area (Å²) in [6, 6.07) is 4.05. The Balaban J connectivity index is 0.000000711. The van der Waals surface area contributed by atoms with E-state index in [0.29, 0.717) is 13.2 Å². The Morgan fingerprint density at radius 1 is 1.53 bits per heavy atom. The Morgan fingerprint density at radius 2 is 2.26 bits per heavy atom. The van der Waals surface area contributed by atoms with Crippen molar-refractivity contribution in [3.63, 3.8) is 0 Å². The Bertz CT molecular complexity index is 409. The summed E-state index contributed by atoms with van der Waals surface area (Å²) < 4.78 is 4.86. The third-order valence-electron chi connectivity index (χ3n) is 1.77. The van der Waals surface area contributed by atoms with E-state index in [1.54, 1.807) is 24.5 Å². The van der Waals surface area contributed by atoms with Crippen LogP contribution in [0, 0.1) is 0 Å². The number of hydrogen-bond donors (Lipinski definition) is 1. The number of rotatable bonds is 6. The third-order valence-corrected chi connectivity index (χ3v) is 2.61. The van der Waals surface area contributed by atoms with Gasteiger partial charge in [-0.2, -0.15) is 0 Å². The van der Waals surface area contributed by atoms with E-state index in [4.69, 9.17) is 10.5 Å². The monoisotopic (exact) mass is 280 g/mol. The average Bonchev–Trinajstić information content (AvgIpc) is 2.95. The van der Waals surface area contributed by atoms with Crippen LogP contribution in [0.5, 0.6) is 0 Å². The van der Waals surface area contributed by atoms with E-state index >= 15 is 0 Å². The van der Waals surface area contributed by atoms with E-state index in [0.717, 1.165) is 12.0 Å². The van der Waals surface area contributed by atoms with E-state index in [1.165, 1.54) is 11.1 Å². The molecule has 0 radical (unpaired) electrons. The van der Waals surface area contributed by atoms with Crippen molar-refractivity contribution in [3.05, 3.63) is 40.7 Å². The number of hydrogen-bond acceptors (Lipinski definition) is 5. The van der Waals surface area contributed by atoms with Crippen LogP contribution in [0.25, 0.3) is 6.08 Å². The number of ether oxygens (including phenoxy) is 1. The molecule has 0 aliphatic carbocycles. The van der Waals surface area contributed by atoms with Crippen LogP contribution >= 0.6 is 11.3 Å². The fourth-order valence-electron chi connectivity index (χ4n) is 0.952. The summed E-state index contributed by atoms with van der Waals surface area (Å²) >= 11 is 1.68. The molecule has 0 unspecified atom stereocenters. The zero-order valence-corrected chi connectivity index (χ0v) is 12.1. The van der Waals surface area contributed by atoms with Crippen LogP contribution < -0.4 is 5.73 Å². The summed E-state index contributed by atoms with van der Waals surface area (Å²) in [5.41, 5.74) is 6.12. The molecule has 4 nitrogen and oxygen atoms in total. The highest BCUT2D eigenvalue weighted by molar-refractivity contribution is 7.10. The van der Waals surface area contributed by atoms with Gasteiger partial charge in [0.25, 0.3) is 0 Å². The number of carbonyl (C=O) groups excluding carboxylic acids is 1. The van der Waals surface area contributed by atoms with Crippen molar-refractivity contribution in [2.45, 2.75) is 13.3 Å². The van der Waals surface area contributed by atoms with Crippen molar-refractivity contribution in [1.82, 2.24) is 0 Å². The molecule has 1 aromatic rings. The number of aldehydes is 1. The number of methoxy groups -OCH3 is 1. The van der Waals surface area contributed by atoms with Gasteiger partial charge in [0.2, 0.25) is 0 Å². The minimum Gasteiger partial charge on any atom is -0.405 e. The van der Waals surface area contributed by atoms with Crippen molar-refractivity contribution in [1.29, 1.82) is 0 Å². The fourth-order valence-corrected chi connectivity index (χ4v) is 1.57. The SMILES string of the molecule is CCC=O.COC/N=C(/C=C\N)\C=C\c1cccs1. The molecule has 0 aromatic carbocycles. The lowest BCUT2D eigenvalue weighted by Gasteiger charge is -1.93. The van der Waals surface area contributed by atoms with Crippen LogP contribution in [0.2, 0.25) is 0 Å². The van der Waals surface area contributed by atoms with Crippen LogP contribution in [0.15, 0.2) is 40.9 Å². The van der Waals surface area contributed by atoms with Crippen LogP contribution in [0.4, 0.5) is 0 Å². The number of nitrogens with zero attached hydrogens (tertiary/aromatic N) is 1. The molecule has 19 heavy (non-hydrogen) atoms. The number of allylic oxidation sites excluding steroid dienone is 2. The first-order chi connectivity index (χ1) is 9.28. The lowest BCUT2D eigenvalue weighted by atomic mass is 10.3. The summed E-state index contributed by atoms with van der Waals surface area (Å²) in [6.07, 6.45) is 8.63. The smallest absolute Gasteiger partial charge is 0.137 e. The lowest BCUT2D eigenvalue weighted by Crippen LogP contribution is -1.94. The Hall–Kier alpha value is -1.72. The van der Waals surface area contributed by atoms with Gasteiger partial charge in [0.05, 0.1) is 5.71 Å². The summed E-state index contributed by atoms with van der Waals surface area (Å²) in [6.45, 7) is 2.15. The second-order valence-electron chi connectivity index (χ2n) is 3.28. The van der Waals surface area contributed by atoms with E-state index in [1.807, 2.05) is 36.6 Å². The van der Waals surface area contributed by atoms with Gasteiger partial charge in [-0.1, -0.05) is 13.0 Å². The van der Waals surface area contributed by atoms with Crippen molar-refractivity contribution in [2.75, 3.05) is 13.8 Å². The average molecular weight is 280 g/mol. The van der Waals surface area contributed by atoms with Gasteiger partial charge in [-0.15, -0.1) is 11.3 Å². The van der Waals surface area contributed by atoms with Gasteiger partial charge in [-0.05, 0) is 35.9 Å². The molecular formula is C14H20N2O2S. The van der Waals surface area contributed by atoms with Gasteiger partial charge in [0, 0.05) is 18.4 Å². The minimum absolute atomic E-state index is 0.342. The predicted octanol–water partition coefficient (Wildman–Crippen LogP) is 2.87. The fraction of sp³-hybridized carbons (Fsp3) is 0.286. The van der Waals surface area contributed by atoms with E-state index < -0.39 is 0 Å². The minimum atomic E-state index is 0.342. The quantitative estimate of drug-likeness (QED) is 0.643. The molecule has 0 saturated heterocycles. The number of carbonyl (C=O) groups is 1. The molecule has 104 valence electrons. The molecule has 0 aliphatic heterocycles. The zero-order chi connectivity index (χ0) is 14.3. The molecule has 0 spiro atoms. The summed E-state index contributed by atoms with van der Waals surface area (Å²) in [5.74, 6) is 0. The molecule has 1 rings (SSSR count). The first-order valence-corrected chi connectivity index (χ1v) is 6.73. The molecule has 0 amide bonds. The van der Waals surface area contributed by atoms with Crippen LogP contribution in [0.1, 0.15) is 18.2 Å². The first kappa shape index (κ1) is 17.3. The first-order valence-electron chi connectivity index (χ1n) is 5.85. The molecule has 0 atom stereocenters. The molecule has 0 bridgehead atoms. The molecular weight excluding hydrogens is 260 g/mol. The van der Waals surface area contributed by atoms with Crippen LogP contribution in [-0.4, -0.2) is 25.8 Å². The second kappa shape index (κ2) is 12.7. The molecule has 1 aromatic heterocycles. The maximum atomic E-state index is 9.17. The van der Waals surface area contributed by atoms with Gasteiger partial charge in [0.1, 0.15) is 13.0 Å². The van der Waals surface area contributed by atoms with Gasteiger partial charge in [-0.25, -0.2) is 0 Å². The Morgan fingerprint density at radius 3 is 2.74 bits per heavy atom. The van der Waals surface area contributed by atoms with Crippen LogP contribution in [0.3, 0.4) is 0 Å². The van der Waals surface area contributed by atoms with E-state index in [9.17, 15) is 4.79 Å². The largest absolute Gasteiger partial charge is 0.405 e. The zero-order valence-electron chi connectivity index (χ0n) is 11.3. The summed E-state index contributed by atoms with van der Waals surface area (Å²) in [4.78, 5) is 14.5. The van der Waals surface area contributed by atoms with Crippen molar-refractivity contribution < 1.29 is 9.53 Å². The van der Waals surface area contributed by atoms with E-state index in [-0.39, 0.29) is 0 Å². The molecule has 2 N–H and O–H groups in total. The van der Waals surface area contributed by atoms with Crippen molar-refractivity contribution in [3.8, 4) is 0 Å². The Kier molecular flexibility index (Phi) is 11.6. The molecule has 0 saturated carbocycles. The van der Waals surface area contributed by atoms with Crippen molar-refractivity contribution in [2.24, 2.45) is 10.7 Å². The standard InChI is InChI=1S/C11H14N2OS.C3H6O/c1-14-9-13-10(6-7-12)4-5-11-3-2-8-15-11;1-2-3-4/h2-8H,9,12H2,1H3;3H,2H2,1H3/b5-4+,7-6-,13-10+;. The van der Waals surface area contributed by atoms with Crippen molar-refractivity contribution >= 4 is 29.4 Å². The number of nitrogens with two attached hydrogens (primary N) is 1. The van der Waals surface area contributed by atoms with Gasteiger partial charge >= 0.3 is 0 Å². The highest BCUT2D eigenvalue weighted by Gasteiger charge is 1.89. The second-order valence-corrected chi connectivity index (χ2v) is 4.26. The highest BCUT2D eigenvalue weighted by Crippen LogP contribution is 2.10. The maximum Gasteiger partial charge on any atom is 0.137 e. The topological polar surface area (TPSA) is 64.7 Å². The lowest BCUT2D eigenvalue weighted by molar-refractivity contribution is -0.107. The highest BCUT2D eigenvalue weighted by atomic mass is 32.1. The predicted molar refractivity (Wildman–Crippen MR) is 82.3 cm³/mol. The number of aliphatic imine (C=N–C) groups is 1. The van der Waals surface area contributed by atoms with Gasteiger partial charge in [-0.3, -0.25) is 4.99 Å². The van der Waals surface area contributed by atoms with Gasteiger partial charge < -0.3 is 15.3 Å². The number of thiophene rings is 1. The Labute approximate surface area is 118 Å². The summed E-state index contributed by atoms with van der Waals surface area (Å²) in [5, 5.41) is 2.03. The molecule has 5 heteroatoms. The van der Waals surface area contributed by atoms with E-state index in [2.05, 4.69) is 4.99 Å². The third kappa shape index (κ3) is 9.93. The van der Waals surface area contributed by atoms with Crippen LogP contribution in [-0.2, 0) is 9.53 Å². The molecule has 0 fully saturated rings. The molecule has 0 aliphatic rings. The maximum absolute atomic E-state index is 9.17. The summed E-state index contributed by atoms with van der Waals surface area (Å²) in [7, 11) is 1.61. The normalized spacial score (nSPS) is 11.6. The molecule has 1 heterocycles. The van der Waals surface area contributed by atoms with Gasteiger partial charge in [0.15, 0.2) is 0 Å².